The predicted octanol–water partition coefficient (Wildman–Crippen LogP) is 4.19. The Labute approximate surface area is 134 Å². The maximum atomic E-state index is 5.97. The topological polar surface area (TPSA) is 44.5 Å². The van der Waals surface area contributed by atoms with Crippen molar-refractivity contribution in [3.63, 3.8) is 0 Å². The second-order valence-corrected chi connectivity index (χ2v) is 5.61. The average molecular weight is 350 g/mol. The molecule has 2 N–H and O–H groups in total. The summed E-state index contributed by atoms with van der Waals surface area (Å²) < 4.78 is 12.5. The molecule has 0 unspecified atom stereocenters. The molecule has 4 heteroatoms. The molecule has 2 aromatic carbocycles. The highest BCUT2D eigenvalue weighted by molar-refractivity contribution is 9.10. The van der Waals surface area contributed by atoms with Gasteiger partial charge in [0.2, 0.25) is 0 Å². The van der Waals surface area contributed by atoms with Gasteiger partial charge in [-0.05, 0) is 58.6 Å². The minimum atomic E-state index is 0.469. The Bertz CT molecular complexity index is 614. The monoisotopic (exact) mass is 349 g/mol. The summed E-state index contributed by atoms with van der Waals surface area (Å²) in [4.78, 5) is 0. The zero-order valence-electron chi connectivity index (χ0n) is 12.4. The van der Waals surface area contributed by atoms with Crippen molar-refractivity contribution < 1.29 is 9.47 Å². The molecule has 0 aliphatic carbocycles. The first-order valence-electron chi connectivity index (χ1n) is 6.98. The third-order valence-corrected chi connectivity index (χ3v) is 3.83. The Morgan fingerprint density at radius 1 is 1.14 bits per heavy atom. The molecule has 2 aromatic rings. The van der Waals surface area contributed by atoms with Crippen LogP contribution in [0.5, 0.6) is 11.5 Å². The zero-order chi connectivity index (χ0) is 15.2. The summed E-state index contributed by atoms with van der Waals surface area (Å²) in [6, 6.07) is 12.1. The maximum Gasteiger partial charge on any atom is 0.175 e. The average Bonchev–Trinajstić information content (AvgIpc) is 2.48. The molecule has 0 atom stereocenters. The fourth-order valence-electron chi connectivity index (χ4n) is 2.06. The number of nitrogens with two attached hydrogens (primary N) is 1. The minimum absolute atomic E-state index is 0.469. The smallest absolute Gasteiger partial charge is 0.175 e. The number of rotatable bonds is 6. The number of ether oxygens (including phenoxy) is 2. The normalized spacial score (nSPS) is 10.5. The first-order valence-corrected chi connectivity index (χ1v) is 7.77. The lowest BCUT2D eigenvalue weighted by Crippen LogP contribution is -2.04. The summed E-state index contributed by atoms with van der Waals surface area (Å²) in [7, 11) is 0. The molecule has 0 saturated carbocycles. The van der Waals surface area contributed by atoms with Gasteiger partial charge in [0, 0.05) is 6.54 Å². The van der Waals surface area contributed by atoms with E-state index in [2.05, 4.69) is 35.0 Å². The SMILES string of the molecule is CCOc1cc(CN)cc(Br)c1OCc1ccccc1C. The summed E-state index contributed by atoms with van der Waals surface area (Å²) in [6.45, 7) is 5.59. The van der Waals surface area contributed by atoms with Crippen LogP contribution in [0.2, 0.25) is 0 Å². The molecule has 0 aromatic heterocycles. The van der Waals surface area contributed by atoms with E-state index in [1.807, 2.05) is 31.2 Å². The van der Waals surface area contributed by atoms with Gasteiger partial charge in [-0.1, -0.05) is 24.3 Å². The van der Waals surface area contributed by atoms with Crippen LogP contribution in [0.3, 0.4) is 0 Å². The Balaban J connectivity index is 2.24. The highest BCUT2D eigenvalue weighted by atomic mass is 79.9. The van der Waals surface area contributed by atoms with Crippen molar-refractivity contribution >= 4 is 15.9 Å². The van der Waals surface area contributed by atoms with Crippen LogP contribution in [0.4, 0.5) is 0 Å². The molecule has 2 rings (SSSR count). The summed E-state index contributed by atoms with van der Waals surface area (Å²) in [5, 5.41) is 0. The van der Waals surface area contributed by atoms with Crippen molar-refractivity contribution in [1.82, 2.24) is 0 Å². The lowest BCUT2D eigenvalue weighted by atomic mass is 10.1. The standard InChI is InChI=1S/C17H20BrNO2/c1-3-20-16-9-13(10-19)8-15(18)17(16)21-11-14-7-5-4-6-12(14)2/h4-9H,3,10-11,19H2,1-2H3. The van der Waals surface area contributed by atoms with Gasteiger partial charge in [0.05, 0.1) is 11.1 Å². The van der Waals surface area contributed by atoms with E-state index in [4.69, 9.17) is 15.2 Å². The van der Waals surface area contributed by atoms with E-state index in [1.54, 1.807) is 0 Å². The minimum Gasteiger partial charge on any atom is -0.490 e. The third kappa shape index (κ3) is 3.99. The molecule has 0 saturated heterocycles. The Morgan fingerprint density at radius 2 is 1.90 bits per heavy atom. The summed E-state index contributed by atoms with van der Waals surface area (Å²) in [5.41, 5.74) is 9.08. The number of benzene rings is 2. The van der Waals surface area contributed by atoms with Crippen molar-refractivity contribution in [1.29, 1.82) is 0 Å². The van der Waals surface area contributed by atoms with Crippen molar-refractivity contribution in [2.75, 3.05) is 6.61 Å². The Morgan fingerprint density at radius 3 is 2.57 bits per heavy atom. The molecule has 0 fully saturated rings. The molecule has 112 valence electrons. The van der Waals surface area contributed by atoms with Crippen molar-refractivity contribution in [2.45, 2.75) is 27.0 Å². The van der Waals surface area contributed by atoms with E-state index in [0.29, 0.717) is 19.8 Å². The fourth-order valence-corrected chi connectivity index (χ4v) is 2.67. The molecular weight excluding hydrogens is 330 g/mol. The van der Waals surface area contributed by atoms with E-state index in [-0.39, 0.29) is 0 Å². The van der Waals surface area contributed by atoms with Gasteiger partial charge in [0.1, 0.15) is 6.61 Å². The Kier molecular flexibility index (Phi) is 5.65. The first-order chi connectivity index (χ1) is 10.2. The summed E-state index contributed by atoms with van der Waals surface area (Å²) in [5.74, 6) is 1.44. The molecule has 0 heterocycles. The molecule has 3 nitrogen and oxygen atoms in total. The van der Waals surface area contributed by atoms with Crippen LogP contribution in [0.25, 0.3) is 0 Å². The van der Waals surface area contributed by atoms with E-state index in [1.165, 1.54) is 5.56 Å². The van der Waals surface area contributed by atoms with Gasteiger partial charge in [-0.2, -0.15) is 0 Å². The van der Waals surface area contributed by atoms with E-state index >= 15 is 0 Å². The largest absolute Gasteiger partial charge is 0.490 e. The quantitative estimate of drug-likeness (QED) is 0.850. The van der Waals surface area contributed by atoms with Crippen LogP contribution in [0, 0.1) is 6.92 Å². The molecule has 21 heavy (non-hydrogen) atoms. The van der Waals surface area contributed by atoms with Crippen LogP contribution in [0.1, 0.15) is 23.6 Å². The van der Waals surface area contributed by atoms with Gasteiger partial charge in [-0.25, -0.2) is 0 Å². The molecular formula is C17H20BrNO2. The fraction of sp³-hybridized carbons (Fsp3) is 0.294. The van der Waals surface area contributed by atoms with Crippen molar-refractivity contribution in [3.05, 3.63) is 57.6 Å². The first kappa shape index (κ1) is 15.9. The van der Waals surface area contributed by atoms with Gasteiger partial charge in [-0.15, -0.1) is 0 Å². The second-order valence-electron chi connectivity index (χ2n) is 4.76. The predicted molar refractivity (Wildman–Crippen MR) is 88.7 cm³/mol. The maximum absolute atomic E-state index is 5.97. The third-order valence-electron chi connectivity index (χ3n) is 3.24. The van der Waals surface area contributed by atoms with Crippen LogP contribution in [0.15, 0.2) is 40.9 Å². The molecule has 0 bridgehead atoms. The molecule has 0 aliphatic rings. The Hall–Kier alpha value is -1.52. The number of aryl methyl sites for hydroxylation is 1. The second kappa shape index (κ2) is 7.48. The molecule has 0 amide bonds. The van der Waals surface area contributed by atoms with Gasteiger partial charge >= 0.3 is 0 Å². The molecule has 0 radical (unpaired) electrons. The van der Waals surface area contributed by atoms with Gasteiger partial charge in [0.15, 0.2) is 11.5 Å². The van der Waals surface area contributed by atoms with Crippen LogP contribution >= 0.6 is 15.9 Å². The number of hydrogen-bond donors (Lipinski definition) is 1. The van der Waals surface area contributed by atoms with E-state index in [0.717, 1.165) is 27.1 Å². The summed E-state index contributed by atoms with van der Waals surface area (Å²) in [6.07, 6.45) is 0. The highest BCUT2D eigenvalue weighted by Crippen LogP contribution is 2.37. The van der Waals surface area contributed by atoms with Crippen LogP contribution in [-0.4, -0.2) is 6.61 Å². The van der Waals surface area contributed by atoms with Gasteiger partial charge in [-0.3, -0.25) is 0 Å². The zero-order valence-corrected chi connectivity index (χ0v) is 13.9. The van der Waals surface area contributed by atoms with Crippen molar-refractivity contribution in [2.24, 2.45) is 5.73 Å². The lowest BCUT2D eigenvalue weighted by molar-refractivity contribution is 0.267. The lowest BCUT2D eigenvalue weighted by Gasteiger charge is -2.16. The summed E-state index contributed by atoms with van der Waals surface area (Å²) >= 11 is 3.54. The van der Waals surface area contributed by atoms with Crippen LogP contribution in [-0.2, 0) is 13.2 Å². The highest BCUT2D eigenvalue weighted by Gasteiger charge is 2.12. The van der Waals surface area contributed by atoms with Gasteiger partial charge < -0.3 is 15.2 Å². The van der Waals surface area contributed by atoms with E-state index < -0.39 is 0 Å². The molecule has 0 aliphatic heterocycles. The van der Waals surface area contributed by atoms with Crippen molar-refractivity contribution in [3.8, 4) is 11.5 Å². The molecule has 0 spiro atoms. The van der Waals surface area contributed by atoms with E-state index in [9.17, 15) is 0 Å². The number of halogens is 1. The van der Waals surface area contributed by atoms with Gasteiger partial charge in [0.25, 0.3) is 0 Å². The number of hydrogen-bond acceptors (Lipinski definition) is 3. The van der Waals surface area contributed by atoms with Crippen LogP contribution < -0.4 is 15.2 Å².